The maximum atomic E-state index is 12.6. The molecule has 1 fully saturated rings. The normalized spacial score (nSPS) is 16.8. The van der Waals surface area contributed by atoms with Crippen LogP contribution in [0.15, 0.2) is 54.6 Å². The average Bonchev–Trinajstić information content (AvgIpc) is 2.74. The van der Waals surface area contributed by atoms with Crippen LogP contribution in [0, 0.1) is 5.92 Å². The quantitative estimate of drug-likeness (QED) is 0.507. The number of carbonyl (C=O) groups excluding carboxylic acids is 2. The lowest BCUT2D eigenvalue weighted by Gasteiger charge is -2.21. The van der Waals surface area contributed by atoms with Crippen LogP contribution in [-0.4, -0.2) is 30.3 Å². The minimum absolute atomic E-state index is 0.00807. The summed E-state index contributed by atoms with van der Waals surface area (Å²) < 4.78 is 0. The van der Waals surface area contributed by atoms with Gasteiger partial charge < -0.3 is 10.4 Å². The highest BCUT2D eigenvalue weighted by molar-refractivity contribution is 6.02. The number of carbonyl (C=O) groups is 2. The van der Waals surface area contributed by atoms with Crippen LogP contribution in [0.3, 0.4) is 0 Å². The van der Waals surface area contributed by atoms with Crippen LogP contribution in [0.5, 0.6) is 5.75 Å². The number of fused-ring (bicyclic) bond motifs is 1. The Hall–Kier alpha value is -2.98. The molecular formula is C24H23NO3. The van der Waals surface area contributed by atoms with E-state index in [-0.39, 0.29) is 11.5 Å². The average molecular weight is 373 g/mol. The van der Waals surface area contributed by atoms with Gasteiger partial charge in [0.2, 0.25) is 0 Å². The zero-order chi connectivity index (χ0) is 19.5. The molecule has 1 atom stereocenters. The van der Waals surface area contributed by atoms with E-state index in [1.807, 2.05) is 42.5 Å². The van der Waals surface area contributed by atoms with Crippen LogP contribution in [0.25, 0.3) is 21.9 Å². The van der Waals surface area contributed by atoms with Gasteiger partial charge in [0.25, 0.3) is 0 Å². The first kappa shape index (κ1) is 18.4. The highest BCUT2D eigenvalue weighted by atomic mass is 16.3. The number of piperidine rings is 1. The van der Waals surface area contributed by atoms with Crippen LogP contribution in [-0.2, 0) is 0 Å². The Morgan fingerprint density at radius 1 is 1.07 bits per heavy atom. The van der Waals surface area contributed by atoms with Gasteiger partial charge in [-0.25, -0.2) is 0 Å². The third-order valence-corrected chi connectivity index (χ3v) is 5.57. The van der Waals surface area contributed by atoms with Gasteiger partial charge in [0.15, 0.2) is 12.1 Å². The summed E-state index contributed by atoms with van der Waals surface area (Å²) in [5, 5.41) is 14.8. The van der Waals surface area contributed by atoms with Gasteiger partial charge in [0.1, 0.15) is 5.75 Å². The largest absolute Gasteiger partial charge is 0.507 e. The number of benzene rings is 3. The minimum atomic E-state index is -0.00807. The summed E-state index contributed by atoms with van der Waals surface area (Å²) in [6.45, 7) is 1.98. The monoisotopic (exact) mass is 373 g/mol. The Balaban J connectivity index is 1.55. The smallest absolute Gasteiger partial charge is 0.163 e. The SMILES string of the molecule is O=Cc1c(O)ccc2cc(-c3ccc(C(=O)CC4CCCNC4)cc3)ccc12. The molecule has 4 rings (SSSR count). The van der Waals surface area contributed by atoms with E-state index in [0.29, 0.717) is 24.2 Å². The standard InChI is InChI=1S/C24H23NO3/c26-15-22-21-9-7-19(13-20(21)8-10-23(22)27)17-3-5-18(6-4-17)24(28)12-16-2-1-11-25-14-16/h3-10,13,15-16,25,27H,1-2,11-12,14H2. The van der Waals surface area contributed by atoms with Gasteiger partial charge in [-0.3, -0.25) is 9.59 Å². The molecule has 0 aromatic heterocycles. The fourth-order valence-corrected chi connectivity index (χ4v) is 3.97. The number of phenolic OH excluding ortho intramolecular Hbond substituents is 1. The number of rotatable bonds is 5. The van der Waals surface area contributed by atoms with Crippen molar-refractivity contribution < 1.29 is 14.7 Å². The first-order chi connectivity index (χ1) is 13.7. The number of hydrogen-bond donors (Lipinski definition) is 2. The van der Waals surface area contributed by atoms with Crippen LogP contribution in [0.1, 0.15) is 40.0 Å². The van der Waals surface area contributed by atoms with Crippen molar-refractivity contribution in [2.24, 2.45) is 5.92 Å². The predicted octanol–water partition coefficient (Wildman–Crippen LogP) is 4.60. The van der Waals surface area contributed by atoms with Crippen molar-refractivity contribution in [3.05, 3.63) is 65.7 Å². The van der Waals surface area contributed by atoms with Gasteiger partial charge in [0.05, 0.1) is 5.56 Å². The van der Waals surface area contributed by atoms with Gasteiger partial charge in [-0.15, -0.1) is 0 Å². The molecule has 1 aliphatic heterocycles. The molecule has 3 aromatic carbocycles. The van der Waals surface area contributed by atoms with Crippen molar-refractivity contribution in [2.75, 3.05) is 13.1 Å². The molecule has 0 bridgehead atoms. The van der Waals surface area contributed by atoms with Crippen molar-refractivity contribution >= 4 is 22.8 Å². The fourth-order valence-electron chi connectivity index (χ4n) is 3.97. The Kier molecular flexibility index (Phi) is 5.22. The second-order valence-electron chi connectivity index (χ2n) is 7.47. The first-order valence-corrected chi connectivity index (χ1v) is 9.71. The summed E-state index contributed by atoms with van der Waals surface area (Å²) in [4.78, 5) is 23.8. The lowest BCUT2D eigenvalue weighted by molar-refractivity contribution is 0.0953. The zero-order valence-electron chi connectivity index (χ0n) is 15.7. The molecule has 1 unspecified atom stereocenters. The Morgan fingerprint density at radius 2 is 1.86 bits per heavy atom. The summed E-state index contributed by atoms with van der Waals surface area (Å²) in [7, 11) is 0. The van der Waals surface area contributed by atoms with E-state index in [1.54, 1.807) is 6.07 Å². The van der Waals surface area contributed by atoms with Crippen molar-refractivity contribution in [3.8, 4) is 16.9 Å². The van der Waals surface area contributed by atoms with E-state index in [1.165, 1.54) is 6.07 Å². The lowest BCUT2D eigenvalue weighted by Crippen LogP contribution is -2.31. The van der Waals surface area contributed by atoms with Crippen LogP contribution in [0.2, 0.25) is 0 Å². The van der Waals surface area contributed by atoms with Crippen molar-refractivity contribution in [3.63, 3.8) is 0 Å². The maximum Gasteiger partial charge on any atom is 0.163 e. The van der Waals surface area contributed by atoms with Crippen LogP contribution < -0.4 is 5.32 Å². The number of Topliss-reactive ketones (excluding diaryl/α,β-unsaturated/α-hetero) is 1. The van der Waals surface area contributed by atoms with Gasteiger partial charge in [-0.2, -0.15) is 0 Å². The van der Waals surface area contributed by atoms with Crippen LogP contribution in [0.4, 0.5) is 0 Å². The third-order valence-electron chi connectivity index (χ3n) is 5.57. The number of aldehydes is 1. The number of aromatic hydroxyl groups is 1. The highest BCUT2D eigenvalue weighted by Gasteiger charge is 2.17. The topological polar surface area (TPSA) is 66.4 Å². The Bertz CT molecular complexity index is 1020. The van der Waals surface area contributed by atoms with Gasteiger partial charge in [-0.1, -0.05) is 42.5 Å². The van der Waals surface area contributed by atoms with E-state index < -0.39 is 0 Å². The lowest BCUT2D eigenvalue weighted by atomic mass is 9.91. The first-order valence-electron chi connectivity index (χ1n) is 9.71. The summed E-state index contributed by atoms with van der Waals surface area (Å²) in [6, 6.07) is 16.8. The molecule has 0 spiro atoms. The third kappa shape index (κ3) is 3.69. The second-order valence-corrected chi connectivity index (χ2v) is 7.47. The molecule has 28 heavy (non-hydrogen) atoms. The van der Waals surface area contributed by atoms with E-state index in [0.717, 1.165) is 53.4 Å². The van der Waals surface area contributed by atoms with Crippen molar-refractivity contribution in [1.82, 2.24) is 5.32 Å². The van der Waals surface area contributed by atoms with E-state index in [2.05, 4.69) is 5.32 Å². The summed E-state index contributed by atoms with van der Waals surface area (Å²) in [5.74, 6) is 0.626. The van der Waals surface area contributed by atoms with E-state index in [9.17, 15) is 14.7 Å². The highest BCUT2D eigenvalue weighted by Crippen LogP contribution is 2.30. The molecule has 142 valence electrons. The minimum Gasteiger partial charge on any atom is -0.507 e. The summed E-state index contributed by atoms with van der Waals surface area (Å²) in [6.07, 6.45) is 3.54. The zero-order valence-corrected chi connectivity index (χ0v) is 15.7. The molecule has 1 heterocycles. The molecular weight excluding hydrogens is 350 g/mol. The predicted molar refractivity (Wildman–Crippen MR) is 111 cm³/mol. The van der Waals surface area contributed by atoms with E-state index >= 15 is 0 Å². The molecule has 0 amide bonds. The Morgan fingerprint density at radius 3 is 2.57 bits per heavy atom. The molecule has 3 aromatic rings. The maximum absolute atomic E-state index is 12.6. The molecule has 2 N–H and O–H groups in total. The number of phenols is 1. The molecule has 1 aliphatic rings. The second kappa shape index (κ2) is 7.95. The van der Waals surface area contributed by atoms with E-state index in [4.69, 9.17) is 0 Å². The van der Waals surface area contributed by atoms with Crippen LogP contribution >= 0.6 is 0 Å². The number of nitrogens with one attached hydrogen (secondary N) is 1. The van der Waals surface area contributed by atoms with Gasteiger partial charge in [0, 0.05) is 12.0 Å². The van der Waals surface area contributed by atoms with Gasteiger partial charge >= 0.3 is 0 Å². The molecule has 0 aliphatic carbocycles. The molecule has 0 saturated carbocycles. The number of ketones is 1. The molecule has 4 nitrogen and oxygen atoms in total. The fraction of sp³-hybridized carbons (Fsp3) is 0.250. The Labute approximate surface area is 164 Å². The van der Waals surface area contributed by atoms with Crippen molar-refractivity contribution in [2.45, 2.75) is 19.3 Å². The summed E-state index contributed by atoms with van der Waals surface area (Å²) in [5.41, 5.74) is 3.08. The molecule has 1 saturated heterocycles. The number of hydrogen-bond acceptors (Lipinski definition) is 4. The molecule has 0 radical (unpaired) electrons. The van der Waals surface area contributed by atoms with Crippen molar-refractivity contribution in [1.29, 1.82) is 0 Å². The summed E-state index contributed by atoms with van der Waals surface area (Å²) >= 11 is 0. The molecule has 4 heteroatoms. The van der Waals surface area contributed by atoms with Gasteiger partial charge in [-0.05, 0) is 65.9 Å².